The summed E-state index contributed by atoms with van der Waals surface area (Å²) in [5.41, 5.74) is 1.63. The van der Waals surface area contributed by atoms with Crippen molar-refractivity contribution in [2.75, 3.05) is 23.3 Å². The van der Waals surface area contributed by atoms with Gasteiger partial charge in [-0.25, -0.2) is 14.4 Å². The molecule has 2 fully saturated rings. The molecule has 154 valence electrons. The number of fused-ring (bicyclic) bond motifs is 1. The number of aromatic nitrogens is 3. The molecule has 30 heavy (non-hydrogen) atoms. The van der Waals surface area contributed by atoms with Gasteiger partial charge in [0.05, 0.1) is 17.3 Å². The van der Waals surface area contributed by atoms with Crippen molar-refractivity contribution >= 4 is 40.1 Å². The van der Waals surface area contributed by atoms with E-state index in [1.54, 1.807) is 12.4 Å². The first-order valence-electron chi connectivity index (χ1n) is 10.2. The number of benzene rings is 1. The van der Waals surface area contributed by atoms with E-state index < -0.39 is 5.82 Å². The first kappa shape index (κ1) is 19.2. The number of nitrogens with zero attached hydrogens (tertiary/aromatic N) is 4. The molecular weight excluding hydrogens is 405 g/mol. The van der Waals surface area contributed by atoms with E-state index in [4.69, 9.17) is 21.6 Å². The molecule has 0 unspecified atom stereocenters. The third-order valence-corrected chi connectivity index (χ3v) is 5.96. The maximum atomic E-state index is 14.1. The first-order chi connectivity index (χ1) is 14.6. The second kappa shape index (κ2) is 7.80. The van der Waals surface area contributed by atoms with E-state index in [0.717, 1.165) is 35.5 Å². The first-order valence-corrected chi connectivity index (χ1v) is 10.6. The SMILES string of the molecule is O=C(c1cc(Cl)ccc1F)C1CCN(c2nc3cnccc3nc2NC2CC2)CC1. The van der Waals surface area contributed by atoms with Gasteiger partial charge in [0.1, 0.15) is 11.3 Å². The Bertz CT molecular complexity index is 1110. The van der Waals surface area contributed by atoms with Crippen LogP contribution in [-0.2, 0) is 0 Å². The van der Waals surface area contributed by atoms with Crippen LogP contribution in [0.15, 0.2) is 36.7 Å². The number of carbonyl (C=O) groups is 1. The molecule has 1 saturated carbocycles. The van der Waals surface area contributed by atoms with Crippen LogP contribution in [0.2, 0.25) is 5.02 Å². The number of carbonyl (C=O) groups excluding carboxylic acids is 1. The second-order valence-corrected chi connectivity index (χ2v) is 8.36. The molecule has 0 radical (unpaired) electrons. The number of nitrogens with one attached hydrogen (secondary N) is 1. The van der Waals surface area contributed by atoms with Gasteiger partial charge in [0.25, 0.3) is 0 Å². The van der Waals surface area contributed by atoms with Crippen LogP contribution in [0.4, 0.5) is 16.0 Å². The van der Waals surface area contributed by atoms with Gasteiger partial charge < -0.3 is 10.2 Å². The maximum absolute atomic E-state index is 14.1. The topological polar surface area (TPSA) is 71.0 Å². The Hall–Kier alpha value is -2.80. The average Bonchev–Trinajstić information content (AvgIpc) is 3.59. The molecule has 2 aliphatic rings. The zero-order chi connectivity index (χ0) is 20.7. The zero-order valence-electron chi connectivity index (χ0n) is 16.3. The standard InChI is InChI=1S/C22H21ClFN5O/c23-14-1-4-17(24)16(11-14)20(30)13-6-9-29(10-7-13)22-21(26-15-2-3-15)27-18-5-8-25-12-19(18)28-22/h1,4-5,8,11-13,15H,2-3,6-7,9-10H2,(H,26,27). The molecule has 2 aromatic heterocycles. The highest BCUT2D eigenvalue weighted by Crippen LogP contribution is 2.33. The largest absolute Gasteiger partial charge is 0.364 e. The fourth-order valence-electron chi connectivity index (χ4n) is 3.90. The van der Waals surface area contributed by atoms with Gasteiger partial charge in [0.2, 0.25) is 0 Å². The van der Waals surface area contributed by atoms with Crippen LogP contribution in [0, 0.1) is 11.7 Å². The summed E-state index contributed by atoms with van der Waals surface area (Å²) in [6, 6.07) is 6.43. The Kier molecular flexibility index (Phi) is 4.98. The predicted molar refractivity (Wildman–Crippen MR) is 115 cm³/mol. The summed E-state index contributed by atoms with van der Waals surface area (Å²) in [4.78, 5) is 28.7. The van der Waals surface area contributed by atoms with Crippen molar-refractivity contribution in [1.82, 2.24) is 15.0 Å². The summed E-state index contributed by atoms with van der Waals surface area (Å²) in [6.07, 6.45) is 6.95. The molecule has 0 amide bonds. The molecule has 1 aromatic carbocycles. The molecule has 0 spiro atoms. The average molecular weight is 426 g/mol. The molecule has 1 N–H and O–H groups in total. The quantitative estimate of drug-likeness (QED) is 0.607. The number of piperidine rings is 1. The van der Waals surface area contributed by atoms with Gasteiger partial charge in [-0.05, 0) is 49.9 Å². The van der Waals surface area contributed by atoms with Gasteiger partial charge >= 0.3 is 0 Å². The zero-order valence-corrected chi connectivity index (χ0v) is 17.1. The number of halogens is 2. The lowest BCUT2D eigenvalue weighted by atomic mass is 9.88. The minimum absolute atomic E-state index is 0.0774. The van der Waals surface area contributed by atoms with Crippen molar-refractivity contribution in [3.63, 3.8) is 0 Å². The molecule has 0 atom stereocenters. The van der Waals surface area contributed by atoms with Crippen molar-refractivity contribution < 1.29 is 9.18 Å². The molecule has 3 aromatic rings. The van der Waals surface area contributed by atoms with E-state index in [2.05, 4.69) is 15.2 Å². The Balaban J connectivity index is 1.36. The predicted octanol–water partition coefficient (Wildman–Crippen LogP) is 4.49. The van der Waals surface area contributed by atoms with Crippen molar-refractivity contribution in [2.24, 2.45) is 5.92 Å². The molecule has 1 saturated heterocycles. The van der Waals surface area contributed by atoms with Crippen molar-refractivity contribution in [3.8, 4) is 0 Å². The summed E-state index contributed by atoms with van der Waals surface area (Å²) < 4.78 is 14.1. The smallest absolute Gasteiger partial charge is 0.172 e. The van der Waals surface area contributed by atoms with Crippen LogP contribution in [0.1, 0.15) is 36.0 Å². The van der Waals surface area contributed by atoms with Crippen LogP contribution in [0.25, 0.3) is 11.0 Å². The summed E-state index contributed by atoms with van der Waals surface area (Å²) in [6.45, 7) is 1.30. The molecule has 1 aliphatic carbocycles. The summed E-state index contributed by atoms with van der Waals surface area (Å²) >= 11 is 5.96. The van der Waals surface area contributed by atoms with Crippen LogP contribution >= 0.6 is 11.6 Å². The molecule has 3 heterocycles. The van der Waals surface area contributed by atoms with E-state index >= 15 is 0 Å². The minimum Gasteiger partial charge on any atom is -0.364 e. The number of pyridine rings is 1. The Labute approximate surface area is 178 Å². The van der Waals surface area contributed by atoms with Gasteiger partial charge in [0.15, 0.2) is 17.4 Å². The van der Waals surface area contributed by atoms with Crippen LogP contribution in [-0.4, -0.2) is 39.9 Å². The number of hydrogen-bond donors (Lipinski definition) is 1. The summed E-state index contributed by atoms with van der Waals surface area (Å²) in [5.74, 6) is 0.642. The lowest BCUT2D eigenvalue weighted by Crippen LogP contribution is -2.37. The second-order valence-electron chi connectivity index (χ2n) is 7.93. The normalized spacial score (nSPS) is 17.3. The van der Waals surface area contributed by atoms with Crippen LogP contribution < -0.4 is 10.2 Å². The fraction of sp³-hybridized carbons (Fsp3) is 0.364. The van der Waals surface area contributed by atoms with Gasteiger partial charge in [0, 0.05) is 36.3 Å². The number of rotatable bonds is 5. The Morgan fingerprint density at radius 1 is 1.10 bits per heavy atom. The molecular formula is C22H21ClFN5O. The third-order valence-electron chi connectivity index (χ3n) is 5.73. The summed E-state index contributed by atoms with van der Waals surface area (Å²) in [7, 11) is 0. The lowest BCUT2D eigenvalue weighted by molar-refractivity contribution is 0.0896. The minimum atomic E-state index is -0.518. The van der Waals surface area contributed by atoms with E-state index in [9.17, 15) is 9.18 Å². The molecule has 5 rings (SSSR count). The molecule has 6 nitrogen and oxygen atoms in total. The molecule has 1 aliphatic heterocycles. The number of Topliss-reactive ketones (excluding diaryl/α,β-unsaturated/α-hetero) is 1. The highest BCUT2D eigenvalue weighted by Gasteiger charge is 2.30. The summed E-state index contributed by atoms with van der Waals surface area (Å²) in [5, 5.41) is 3.85. The van der Waals surface area contributed by atoms with Crippen molar-refractivity contribution in [1.29, 1.82) is 0 Å². The lowest BCUT2D eigenvalue weighted by Gasteiger charge is -2.33. The van der Waals surface area contributed by atoms with Gasteiger partial charge in [-0.15, -0.1) is 0 Å². The van der Waals surface area contributed by atoms with E-state index in [-0.39, 0.29) is 17.3 Å². The number of hydrogen-bond acceptors (Lipinski definition) is 6. The highest BCUT2D eigenvalue weighted by molar-refractivity contribution is 6.31. The number of anilines is 2. The van der Waals surface area contributed by atoms with Crippen LogP contribution in [0.3, 0.4) is 0 Å². The Morgan fingerprint density at radius 2 is 1.90 bits per heavy atom. The van der Waals surface area contributed by atoms with E-state index in [1.165, 1.54) is 18.2 Å². The third kappa shape index (κ3) is 3.81. The maximum Gasteiger partial charge on any atom is 0.172 e. The van der Waals surface area contributed by atoms with Gasteiger partial charge in [-0.2, -0.15) is 0 Å². The highest BCUT2D eigenvalue weighted by atomic mass is 35.5. The monoisotopic (exact) mass is 425 g/mol. The Morgan fingerprint density at radius 3 is 2.67 bits per heavy atom. The van der Waals surface area contributed by atoms with Crippen LogP contribution in [0.5, 0.6) is 0 Å². The van der Waals surface area contributed by atoms with E-state index in [0.29, 0.717) is 37.0 Å². The van der Waals surface area contributed by atoms with Crippen molar-refractivity contribution in [2.45, 2.75) is 31.7 Å². The molecule has 8 heteroatoms. The van der Waals surface area contributed by atoms with Crippen molar-refractivity contribution in [3.05, 3.63) is 53.1 Å². The number of ketones is 1. The fourth-order valence-corrected chi connectivity index (χ4v) is 4.07. The van der Waals surface area contributed by atoms with Gasteiger partial charge in [-0.1, -0.05) is 11.6 Å². The molecule has 0 bridgehead atoms. The van der Waals surface area contributed by atoms with E-state index in [1.807, 2.05) is 6.07 Å². The van der Waals surface area contributed by atoms with Gasteiger partial charge in [-0.3, -0.25) is 9.78 Å².